The van der Waals surface area contributed by atoms with Gasteiger partial charge in [0.05, 0.1) is 26.2 Å². The van der Waals surface area contributed by atoms with Gasteiger partial charge in [-0.05, 0) is 31.2 Å². The number of carbonyl (C=O) groups excluding carboxylic acids is 1. The van der Waals surface area contributed by atoms with Crippen molar-refractivity contribution in [2.45, 2.75) is 11.8 Å². The predicted octanol–water partition coefficient (Wildman–Crippen LogP) is 2.69. The minimum atomic E-state index is -3.72. The van der Waals surface area contributed by atoms with Gasteiger partial charge in [0.25, 0.3) is 0 Å². The fourth-order valence-electron chi connectivity index (χ4n) is 2.55. The molecular formula is C20H26N2O5S2. The van der Waals surface area contributed by atoms with Gasteiger partial charge in [-0.1, -0.05) is 17.7 Å². The highest BCUT2D eigenvalue weighted by molar-refractivity contribution is 7.99. The van der Waals surface area contributed by atoms with E-state index in [-0.39, 0.29) is 12.2 Å². The predicted molar refractivity (Wildman–Crippen MR) is 117 cm³/mol. The van der Waals surface area contributed by atoms with Crippen molar-refractivity contribution in [3.63, 3.8) is 0 Å². The van der Waals surface area contributed by atoms with Crippen molar-refractivity contribution < 1.29 is 22.7 Å². The van der Waals surface area contributed by atoms with E-state index in [1.54, 1.807) is 23.9 Å². The van der Waals surface area contributed by atoms with Crippen LogP contribution < -0.4 is 19.1 Å². The highest BCUT2D eigenvalue weighted by Crippen LogP contribution is 2.33. The molecule has 0 aromatic heterocycles. The smallest absolute Gasteiger partial charge is 0.240 e. The van der Waals surface area contributed by atoms with Crippen LogP contribution in [0.1, 0.15) is 5.56 Å². The lowest BCUT2D eigenvalue weighted by atomic mass is 10.2. The van der Waals surface area contributed by atoms with Crippen molar-refractivity contribution in [1.29, 1.82) is 0 Å². The first kappa shape index (κ1) is 22.9. The van der Waals surface area contributed by atoms with Crippen LogP contribution in [0.15, 0.2) is 47.4 Å². The summed E-state index contributed by atoms with van der Waals surface area (Å²) in [5, 5.41) is 2.76. The molecule has 0 aliphatic heterocycles. The summed E-state index contributed by atoms with van der Waals surface area (Å²) < 4.78 is 36.1. The molecule has 0 atom stereocenters. The average Bonchev–Trinajstić information content (AvgIpc) is 2.69. The molecule has 0 heterocycles. The number of rotatable bonds is 10. The molecule has 9 heteroatoms. The lowest BCUT2D eigenvalue weighted by molar-refractivity contribution is -0.119. The topological polar surface area (TPSA) is 84.9 Å². The third-order valence-electron chi connectivity index (χ3n) is 4.06. The number of ether oxygens (including phenoxy) is 2. The Morgan fingerprint density at radius 3 is 2.38 bits per heavy atom. The molecule has 0 fully saturated rings. The molecule has 0 aliphatic carbocycles. The monoisotopic (exact) mass is 438 g/mol. The third-order valence-corrected chi connectivity index (χ3v) is 6.20. The second-order valence-electron chi connectivity index (χ2n) is 6.32. The first-order valence-corrected chi connectivity index (χ1v) is 11.7. The summed E-state index contributed by atoms with van der Waals surface area (Å²) in [5.74, 6) is 1.07. The molecule has 2 aromatic carbocycles. The number of hydrogen-bond donors (Lipinski definition) is 1. The summed E-state index contributed by atoms with van der Waals surface area (Å²) in [7, 11) is -0.797. The molecule has 2 rings (SSSR count). The van der Waals surface area contributed by atoms with E-state index in [1.165, 1.54) is 25.8 Å². The Hall–Kier alpha value is -2.39. The summed E-state index contributed by atoms with van der Waals surface area (Å²) in [6.07, 6.45) is 1.05. The third kappa shape index (κ3) is 6.86. The van der Waals surface area contributed by atoms with Gasteiger partial charge in [0, 0.05) is 23.3 Å². The standard InChI is InChI=1S/C20H26N2O5S2/c1-15-5-8-17(9-6-15)28-12-11-21-20(23)14-22(29(4,24)25)18-13-16(26-2)7-10-19(18)27-3/h5-10,13H,11-12,14H2,1-4H3,(H,21,23). The Morgan fingerprint density at radius 2 is 1.79 bits per heavy atom. The van der Waals surface area contributed by atoms with Gasteiger partial charge < -0.3 is 14.8 Å². The van der Waals surface area contributed by atoms with Crippen LogP contribution in [0.25, 0.3) is 0 Å². The molecule has 0 aliphatic rings. The maximum absolute atomic E-state index is 12.4. The second-order valence-corrected chi connectivity index (χ2v) is 9.39. The van der Waals surface area contributed by atoms with Crippen LogP contribution in [0, 0.1) is 6.92 Å². The Kier molecular flexibility index (Phi) is 8.21. The van der Waals surface area contributed by atoms with E-state index in [2.05, 4.69) is 5.32 Å². The normalized spacial score (nSPS) is 11.0. The van der Waals surface area contributed by atoms with E-state index in [0.29, 0.717) is 23.8 Å². The lowest BCUT2D eigenvalue weighted by Crippen LogP contribution is -2.41. The van der Waals surface area contributed by atoms with Gasteiger partial charge in [-0.15, -0.1) is 11.8 Å². The van der Waals surface area contributed by atoms with Crippen molar-refractivity contribution in [2.24, 2.45) is 0 Å². The zero-order chi connectivity index (χ0) is 21.4. The van der Waals surface area contributed by atoms with Crippen LogP contribution in [-0.4, -0.2) is 53.6 Å². The number of thioether (sulfide) groups is 1. The van der Waals surface area contributed by atoms with E-state index < -0.39 is 15.9 Å². The fourth-order valence-corrected chi connectivity index (χ4v) is 4.17. The second kappa shape index (κ2) is 10.4. The molecule has 0 saturated heterocycles. The van der Waals surface area contributed by atoms with Crippen molar-refractivity contribution in [2.75, 3.05) is 43.6 Å². The molecule has 1 N–H and O–H groups in total. The zero-order valence-corrected chi connectivity index (χ0v) is 18.6. The molecule has 0 unspecified atom stereocenters. The number of anilines is 1. The van der Waals surface area contributed by atoms with E-state index in [9.17, 15) is 13.2 Å². The summed E-state index contributed by atoms with van der Waals surface area (Å²) >= 11 is 1.62. The van der Waals surface area contributed by atoms with Crippen LogP contribution in [0.3, 0.4) is 0 Å². The highest BCUT2D eigenvalue weighted by atomic mass is 32.2. The van der Waals surface area contributed by atoms with E-state index >= 15 is 0 Å². The van der Waals surface area contributed by atoms with E-state index in [1.807, 2.05) is 31.2 Å². The minimum Gasteiger partial charge on any atom is -0.497 e. The van der Waals surface area contributed by atoms with Gasteiger partial charge in [-0.3, -0.25) is 9.10 Å². The molecular weight excluding hydrogens is 412 g/mol. The number of nitrogens with zero attached hydrogens (tertiary/aromatic N) is 1. The molecule has 0 radical (unpaired) electrons. The highest BCUT2D eigenvalue weighted by Gasteiger charge is 2.24. The molecule has 2 aromatic rings. The number of amides is 1. The minimum absolute atomic E-state index is 0.249. The number of benzene rings is 2. The quantitative estimate of drug-likeness (QED) is 0.454. The van der Waals surface area contributed by atoms with Gasteiger partial charge in [0.15, 0.2) is 0 Å². The summed E-state index contributed by atoms with van der Waals surface area (Å²) in [6, 6.07) is 12.9. The van der Waals surface area contributed by atoms with Crippen LogP contribution in [0.5, 0.6) is 11.5 Å². The molecule has 0 bridgehead atoms. The van der Waals surface area contributed by atoms with Gasteiger partial charge in [0.2, 0.25) is 15.9 Å². The average molecular weight is 439 g/mol. The van der Waals surface area contributed by atoms with Gasteiger partial charge in [-0.25, -0.2) is 8.42 Å². The number of nitrogens with one attached hydrogen (secondary N) is 1. The maximum atomic E-state index is 12.4. The van der Waals surface area contributed by atoms with Crippen molar-refractivity contribution in [1.82, 2.24) is 5.32 Å². The number of aryl methyl sites for hydroxylation is 1. The fraction of sp³-hybridized carbons (Fsp3) is 0.350. The Bertz CT molecular complexity index is 930. The first-order valence-electron chi connectivity index (χ1n) is 8.90. The number of methoxy groups -OCH3 is 2. The summed E-state index contributed by atoms with van der Waals surface area (Å²) in [6.45, 7) is 2.10. The van der Waals surface area contributed by atoms with E-state index in [0.717, 1.165) is 15.5 Å². The maximum Gasteiger partial charge on any atom is 0.240 e. The van der Waals surface area contributed by atoms with Crippen LogP contribution in [0.2, 0.25) is 0 Å². The van der Waals surface area contributed by atoms with Gasteiger partial charge in [0.1, 0.15) is 18.0 Å². The Labute approximate surface area is 176 Å². The van der Waals surface area contributed by atoms with Crippen molar-refractivity contribution in [3.8, 4) is 11.5 Å². The number of sulfonamides is 1. The van der Waals surface area contributed by atoms with Crippen LogP contribution in [0.4, 0.5) is 5.69 Å². The zero-order valence-electron chi connectivity index (χ0n) is 17.0. The SMILES string of the molecule is COc1ccc(OC)c(N(CC(=O)NCCSc2ccc(C)cc2)S(C)(=O)=O)c1. The molecule has 0 saturated carbocycles. The Morgan fingerprint density at radius 1 is 1.10 bits per heavy atom. The molecule has 0 spiro atoms. The molecule has 29 heavy (non-hydrogen) atoms. The first-order chi connectivity index (χ1) is 13.7. The van der Waals surface area contributed by atoms with Gasteiger partial charge >= 0.3 is 0 Å². The van der Waals surface area contributed by atoms with E-state index in [4.69, 9.17) is 9.47 Å². The summed E-state index contributed by atoms with van der Waals surface area (Å²) in [5.41, 5.74) is 1.44. The molecule has 7 nitrogen and oxygen atoms in total. The van der Waals surface area contributed by atoms with Crippen LogP contribution in [-0.2, 0) is 14.8 Å². The lowest BCUT2D eigenvalue weighted by Gasteiger charge is -2.24. The number of hydrogen-bond acceptors (Lipinski definition) is 6. The van der Waals surface area contributed by atoms with Gasteiger partial charge in [-0.2, -0.15) is 0 Å². The van der Waals surface area contributed by atoms with Crippen molar-refractivity contribution >= 4 is 33.4 Å². The largest absolute Gasteiger partial charge is 0.497 e. The van der Waals surface area contributed by atoms with Crippen LogP contribution >= 0.6 is 11.8 Å². The molecule has 158 valence electrons. The molecule has 1 amide bonds. The number of carbonyl (C=O) groups is 1. The summed E-state index contributed by atoms with van der Waals surface area (Å²) in [4.78, 5) is 13.5. The Balaban J connectivity index is 2.01. The van der Waals surface area contributed by atoms with Crippen molar-refractivity contribution in [3.05, 3.63) is 48.0 Å².